The molecule has 0 aliphatic carbocycles. The second-order valence-electron chi connectivity index (χ2n) is 3.77. The summed E-state index contributed by atoms with van der Waals surface area (Å²) in [6.07, 6.45) is 1.10. The van der Waals surface area contributed by atoms with Gasteiger partial charge in [0, 0.05) is 12.1 Å². The summed E-state index contributed by atoms with van der Waals surface area (Å²) in [5.74, 6) is -0.358. The number of rotatable bonds is 5. The molecule has 2 amide bonds. The predicted octanol–water partition coefficient (Wildman–Crippen LogP) is -0.0947. The Labute approximate surface area is 103 Å². The van der Waals surface area contributed by atoms with Gasteiger partial charge in [-0.25, -0.2) is 0 Å². The summed E-state index contributed by atoms with van der Waals surface area (Å²) in [6, 6.07) is 4.89. The van der Waals surface area contributed by atoms with E-state index in [0.29, 0.717) is 42.5 Å². The minimum absolute atomic E-state index is 0.315. The summed E-state index contributed by atoms with van der Waals surface area (Å²) >= 11 is 0. The lowest BCUT2D eigenvalue weighted by Gasteiger charge is -2.14. The molecular weight excluding hydrogens is 234 g/mol. The first-order valence-corrected chi connectivity index (χ1v) is 5.53. The summed E-state index contributed by atoms with van der Waals surface area (Å²) in [6.45, 7) is 0.746. The molecule has 1 aromatic carbocycles. The standard InChI is InChI=1S/C11H13N5O2/c12-4-1-5-16(7-17)11(18)8-2-3-9-10(6-8)14-15-13-9/h2-3,6-7H,1,4-5,12H2,(H,13,14,15). The van der Waals surface area contributed by atoms with Crippen LogP contribution in [0, 0.1) is 0 Å². The van der Waals surface area contributed by atoms with Gasteiger partial charge in [-0.1, -0.05) is 0 Å². The van der Waals surface area contributed by atoms with Crippen molar-refractivity contribution in [2.45, 2.75) is 6.42 Å². The van der Waals surface area contributed by atoms with E-state index in [1.165, 1.54) is 0 Å². The van der Waals surface area contributed by atoms with E-state index in [1.807, 2.05) is 0 Å². The maximum Gasteiger partial charge on any atom is 0.260 e. The van der Waals surface area contributed by atoms with Gasteiger partial charge >= 0.3 is 0 Å². The number of carbonyl (C=O) groups is 2. The molecule has 3 N–H and O–H groups in total. The predicted molar refractivity (Wildman–Crippen MR) is 64.7 cm³/mol. The van der Waals surface area contributed by atoms with Crippen molar-refractivity contribution in [1.82, 2.24) is 20.3 Å². The Hall–Kier alpha value is -2.28. The molecule has 2 aromatic rings. The Morgan fingerprint density at radius 1 is 1.39 bits per heavy atom. The topological polar surface area (TPSA) is 105 Å². The SMILES string of the molecule is NCCCN(C=O)C(=O)c1ccc2n[nH]nc2c1. The molecule has 18 heavy (non-hydrogen) atoms. The maximum atomic E-state index is 12.0. The Bertz CT molecular complexity index is 565. The number of nitrogens with zero attached hydrogens (tertiary/aromatic N) is 3. The number of aromatic nitrogens is 3. The zero-order valence-corrected chi connectivity index (χ0v) is 9.67. The zero-order chi connectivity index (χ0) is 13.0. The summed E-state index contributed by atoms with van der Waals surface area (Å²) < 4.78 is 0. The third-order valence-electron chi connectivity index (χ3n) is 2.55. The third kappa shape index (κ3) is 2.35. The highest BCUT2D eigenvalue weighted by atomic mass is 16.2. The lowest BCUT2D eigenvalue weighted by Crippen LogP contribution is -2.31. The number of amides is 2. The van der Waals surface area contributed by atoms with E-state index in [2.05, 4.69) is 15.4 Å². The van der Waals surface area contributed by atoms with Gasteiger partial charge in [-0.15, -0.1) is 0 Å². The molecule has 0 fully saturated rings. The number of carbonyl (C=O) groups excluding carboxylic acids is 2. The van der Waals surface area contributed by atoms with Gasteiger partial charge in [0.25, 0.3) is 5.91 Å². The molecule has 0 spiro atoms. The van der Waals surface area contributed by atoms with E-state index < -0.39 is 0 Å². The lowest BCUT2D eigenvalue weighted by atomic mass is 10.1. The average molecular weight is 247 g/mol. The second-order valence-corrected chi connectivity index (χ2v) is 3.77. The van der Waals surface area contributed by atoms with Crippen LogP contribution in [-0.2, 0) is 4.79 Å². The summed E-state index contributed by atoms with van der Waals surface area (Å²) in [5, 5.41) is 10.3. The highest BCUT2D eigenvalue weighted by Crippen LogP contribution is 2.12. The first-order chi connectivity index (χ1) is 8.76. The van der Waals surface area contributed by atoms with E-state index >= 15 is 0 Å². The monoisotopic (exact) mass is 247 g/mol. The van der Waals surface area contributed by atoms with E-state index in [0.717, 1.165) is 4.90 Å². The van der Waals surface area contributed by atoms with Crippen LogP contribution in [-0.4, -0.2) is 45.7 Å². The van der Waals surface area contributed by atoms with Crippen molar-refractivity contribution >= 4 is 23.4 Å². The highest BCUT2D eigenvalue weighted by Gasteiger charge is 2.15. The van der Waals surface area contributed by atoms with Crippen LogP contribution < -0.4 is 5.73 Å². The smallest absolute Gasteiger partial charge is 0.260 e. The molecule has 0 saturated carbocycles. The van der Waals surface area contributed by atoms with Crippen LogP contribution in [0.4, 0.5) is 0 Å². The molecule has 0 bridgehead atoms. The molecule has 1 aromatic heterocycles. The van der Waals surface area contributed by atoms with Crippen molar-refractivity contribution < 1.29 is 9.59 Å². The molecule has 0 unspecified atom stereocenters. The molecule has 0 radical (unpaired) electrons. The quantitative estimate of drug-likeness (QED) is 0.718. The zero-order valence-electron chi connectivity index (χ0n) is 9.67. The van der Waals surface area contributed by atoms with E-state index in [9.17, 15) is 9.59 Å². The van der Waals surface area contributed by atoms with Crippen LogP contribution in [0.5, 0.6) is 0 Å². The average Bonchev–Trinajstić information content (AvgIpc) is 2.86. The summed E-state index contributed by atoms with van der Waals surface area (Å²) in [5.41, 5.74) is 7.02. The van der Waals surface area contributed by atoms with Crippen LogP contribution in [0.1, 0.15) is 16.8 Å². The van der Waals surface area contributed by atoms with Gasteiger partial charge < -0.3 is 5.73 Å². The van der Waals surface area contributed by atoms with Crippen molar-refractivity contribution in [3.8, 4) is 0 Å². The van der Waals surface area contributed by atoms with Crippen LogP contribution in [0.2, 0.25) is 0 Å². The van der Waals surface area contributed by atoms with E-state index in [4.69, 9.17) is 5.73 Å². The Morgan fingerprint density at radius 2 is 2.17 bits per heavy atom. The number of hydrogen-bond acceptors (Lipinski definition) is 5. The van der Waals surface area contributed by atoms with Crippen molar-refractivity contribution in [1.29, 1.82) is 0 Å². The highest BCUT2D eigenvalue weighted by molar-refractivity contribution is 6.01. The summed E-state index contributed by atoms with van der Waals surface area (Å²) in [7, 11) is 0. The number of hydrogen-bond donors (Lipinski definition) is 2. The van der Waals surface area contributed by atoms with Gasteiger partial charge in [-0.2, -0.15) is 15.4 Å². The van der Waals surface area contributed by atoms with Gasteiger partial charge in [0.1, 0.15) is 11.0 Å². The molecule has 0 atom stereocenters. The number of aromatic amines is 1. The Balaban J connectivity index is 2.22. The van der Waals surface area contributed by atoms with Crippen molar-refractivity contribution in [3.63, 3.8) is 0 Å². The first-order valence-electron chi connectivity index (χ1n) is 5.53. The molecule has 0 aliphatic heterocycles. The number of nitrogens with one attached hydrogen (secondary N) is 1. The molecule has 94 valence electrons. The van der Waals surface area contributed by atoms with Gasteiger partial charge in [0.15, 0.2) is 0 Å². The summed E-state index contributed by atoms with van der Waals surface area (Å²) in [4.78, 5) is 24.0. The van der Waals surface area contributed by atoms with Gasteiger partial charge in [0.2, 0.25) is 6.41 Å². The fraction of sp³-hybridized carbons (Fsp3) is 0.273. The van der Waals surface area contributed by atoms with Crippen LogP contribution in [0.25, 0.3) is 11.0 Å². The minimum Gasteiger partial charge on any atom is -0.330 e. The number of H-pyrrole nitrogens is 1. The van der Waals surface area contributed by atoms with Crippen molar-refractivity contribution in [2.24, 2.45) is 5.73 Å². The molecule has 7 heteroatoms. The van der Waals surface area contributed by atoms with E-state index in [1.54, 1.807) is 18.2 Å². The van der Waals surface area contributed by atoms with Crippen molar-refractivity contribution in [2.75, 3.05) is 13.1 Å². The Kier molecular flexibility index (Phi) is 3.63. The molecule has 0 aliphatic rings. The van der Waals surface area contributed by atoms with Gasteiger partial charge in [-0.3, -0.25) is 14.5 Å². The molecule has 2 rings (SSSR count). The van der Waals surface area contributed by atoms with Gasteiger partial charge in [0.05, 0.1) is 0 Å². The number of fused-ring (bicyclic) bond motifs is 1. The Morgan fingerprint density at radius 3 is 2.89 bits per heavy atom. The fourth-order valence-electron chi connectivity index (χ4n) is 1.60. The van der Waals surface area contributed by atoms with Crippen LogP contribution >= 0.6 is 0 Å². The van der Waals surface area contributed by atoms with Gasteiger partial charge in [-0.05, 0) is 31.2 Å². The number of nitrogens with two attached hydrogens (primary N) is 1. The third-order valence-corrected chi connectivity index (χ3v) is 2.55. The normalized spacial score (nSPS) is 10.5. The number of benzene rings is 1. The van der Waals surface area contributed by atoms with Crippen LogP contribution in [0.15, 0.2) is 18.2 Å². The van der Waals surface area contributed by atoms with Crippen molar-refractivity contribution in [3.05, 3.63) is 23.8 Å². The minimum atomic E-state index is -0.358. The molecule has 7 nitrogen and oxygen atoms in total. The maximum absolute atomic E-state index is 12.0. The lowest BCUT2D eigenvalue weighted by molar-refractivity contribution is -0.116. The second kappa shape index (κ2) is 5.37. The largest absolute Gasteiger partial charge is 0.330 e. The molecule has 1 heterocycles. The molecule has 0 saturated heterocycles. The first kappa shape index (κ1) is 12.2. The number of imide groups is 1. The van der Waals surface area contributed by atoms with Crippen LogP contribution in [0.3, 0.4) is 0 Å². The molecular formula is C11H13N5O2. The van der Waals surface area contributed by atoms with E-state index in [-0.39, 0.29) is 5.91 Å². The fourth-order valence-corrected chi connectivity index (χ4v) is 1.60.